The number of benzene rings is 2. The molecule has 3 aromatic rings. The predicted molar refractivity (Wildman–Crippen MR) is 128 cm³/mol. The minimum atomic E-state index is 0.279. The third-order valence-electron chi connectivity index (χ3n) is 7.75. The number of para-hydroxylation sites is 1. The summed E-state index contributed by atoms with van der Waals surface area (Å²) in [5.74, 6) is 0.279. The fourth-order valence-electron chi connectivity index (χ4n) is 5.80. The van der Waals surface area contributed by atoms with E-state index in [1.54, 1.807) is 0 Å². The van der Waals surface area contributed by atoms with Crippen LogP contribution in [-0.2, 0) is 24.2 Å². The van der Waals surface area contributed by atoms with Crippen LogP contribution in [0.5, 0.6) is 0 Å². The quantitative estimate of drug-likeness (QED) is 0.691. The van der Waals surface area contributed by atoms with Crippen LogP contribution in [-0.4, -0.2) is 59.0 Å². The van der Waals surface area contributed by atoms with E-state index in [9.17, 15) is 4.79 Å². The zero-order valence-electron chi connectivity index (χ0n) is 18.7. The molecule has 5 nitrogen and oxygen atoms in total. The summed E-state index contributed by atoms with van der Waals surface area (Å²) in [6, 6.07) is 17.9. The number of hydrogen-bond donors (Lipinski definition) is 1. The molecule has 2 aromatic carbocycles. The molecule has 1 saturated heterocycles. The maximum absolute atomic E-state index is 13.3. The Labute approximate surface area is 190 Å². The molecular weight excluding hydrogens is 396 g/mol. The highest BCUT2D eigenvalue weighted by Gasteiger charge is 2.30. The normalized spacial score (nSPS) is 19.7. The zero-order chi connectivity index (χ0) is 21.5. The molecule has 2 fully saturated rings. The van der Waals surface area contributed by atoms with Crippen molar-refractivity contribution in [2.24, 2.45) is 0 Å². The number of amides is 1. The summed E-state index contributed by atoms with van der Waals surface area (Å²) in [6.07, 6.45) is 5.56. The van der Waals surface area contributed by atoms with Crippen LogP contribution in [0.4, 0.5) is 0 Å². The molecule has 6 rings (SSSR count). The average Bonchev–Trinajstić information content (AvgIpc) is 3.14. The van der Waals surface area contributed by atoms with E-state index in [0.717, 1.165) is 51.7 Å². The van der Waals surface area contributed by atoms with Crippen molar-refractivity contribution in [1.29, 1.82) is 0 Å². The van der Waals surface area contributed by atoms with Gasteiger partial charge in [-0.15, -0.1) is 0 Å². The molecule has 3 heterocycles. The molecule has 3 aliphatic rings. The topological polar surface area (TPSA) is 40.5 Å². The van der Waals surface area contributed by atoms with Crippen LogP contribution in [0, 0.1) is 0 Å². The molecule has 1 amide bonds. The van der Waals surface area contributed by atoms with Crippen molar-refractivity contribution < 1.29 is 4.79 Å². The number of piperazine rings is 1. The van der Waals surface area contributed by atoms with Gasteiger partial charge in [0.1, 0.15) is 0 Å². The number of nitrogens with zero attached hydrogens (tertiary/aromatic N) is 3. The Morgan fingerprint density at radius 1 is 0.969 bits per heavy atom. The highest BCUT2D eigenvalue weighted by Crippen LogP contribution is 2.34. The minimum absolute atomic E-state index is 0.279. The van der Waals surface area contributed by atoms with E-state index in [1.807, 2.05) is 0 Å². The maximum Gasteiger partial charge on any atom is 0.227 e. The summed E-state index contributed by atoms with van der Waals surface area (Å²) < 4.78 is 2.39. The molecule has 0 bridgehead atoms. The summed E-state index contributed by atoms with van der Waals surface area (Å²) in [4.78, 5) is 18.0. The lowest BCUT2D eigenvalue weighted by Gasteiger charge is -2.43. The standard InChI is InChI=1S/C27H32N4O/c32-26(30-16-14-29(15-17-30)21-9-5-10-21)18-20-6-4-11-24-27(20)23-12-13-28-19-25(23)31(24)22-7-2-1-3-8-22/h1-4,6-8,11,21,28H,5,9-10,12-19H2. The lowest BCUT2D eigenvalue weighted by molar-refractivity contribution is -0.132. The van der Waals surface area contributed by atoms with Crippen molar-refractivity contribution in [3.05, 3.63) is 65.4 Å². The van der Waals surface area contributed by atoms with E-state index in [-0.39, 0.29) is 5.91 Å². The Hall–Kier alpha value is -2.63. The predicted octanol–water partition coefficient (Wildman–Crippen LogP) is 3.52. The van der Waals surface area contributed by atoms with Crippen LogP contribution in [0.3, 0.4) is 0 Å². The Balaban J connectivity index is 1.30. The lowest BCUT2D eigenvalue weighted by Crippen LogP contribution is -2.53. The number of hydrogen-bond acceptors (Lipinski definition) is 3. The van der Waals surface area contributed by atoms with Crippen molar-refractivity contribution in [1.82, 2.24) is 19.7 Å². The summed E-state index contributed by atoms with van der Waals surface area (Å²) in [5.41, 5.74) is 6.36. The molecule has 166 valence electrons. The fraction of sp³-hybridized carbons (Fsp3) is 0.444. The highest BCUT2D eigenvalue weighted by molar-refractivity contribution is 5.94. The molecule has 1 N–H and O–H groups in total. The monoisotopic (exact) mass is 428 g/mol. The van der Waals surface area contributed by atoms with Crippen molar-refractivity contribution in [2.75, 3.05) is 32.7 Å². The van der Waals surface area contributed by atoms with E-state index < -0.39 is 0 Å². The van der Waals surface area contributed by atoms with Gasteiger partial charge in [0.05, 0.1) is 11.9 Å². The average molecular weight is 429 g/mol. The second-order valence-corrected chi connectivity index (χ2v) is 9.51. The van der Waals surface area contributed by atoms with Crippen LogP contribution >= 0.6 is 0 Å². The van der Waals surface area contributed by atoms with Gasteiger partial charge in [0.25, 0.3) is 0 Å². The number of nitrogens with one attached hydrogen (secondary N) is 1. The molecule has 32 heavy (non-hydrogen) atoms. The van der Waals surface area contributed by atoms with Crippen LogP contribution in [0.15, 0.2) is 48.5 Å². The van der Waals surface area contributed by atoms with Crippen molar-refractivity contribution in [2.45, 2.75) is 44.7 Å². The van der Waals surface area contributed by atoms with E-state index in [0.29, 0.717) is 6.42 Å². The molecule has 1 saturated carbocycles. The van der Waals surface area contributed by atoms with Gasteiger partial charge in [0.15, 0.2) is 0 Å². The molecule has 0 spiro atoms. The Bertz CT molecular complexity index is 1120. The van der Waals surface area contributed by atoms with E-state index in [4.69, 9.17) is 0 Å². The summed E-state index contributed by atoms with van der Waals surface area (Å²) >= 11 is 0. The van der Waals surface area contributed by atoms with Gasteiger partial charge in [0, 0.05) is 55.5 Å². The third kappa shape index (κ3) is 3.44. The number of carbonyl (C=O) groups is 1. The maximum atomic E-state index is 13.3. The summed E-state index contributed by atoms with van der Waals surface area (Å²) in [5, 5.41) is 4.85. The smallest absolute Gasteiger partial charge is 0.227 e. The number of carbonyl (C=O) groups excluding carboxylic acids is 1. The SMILES string of the molecule is O=C(Cc1cccc2c1c1c(n2-c2ccccc2)CNCC1)N1CCN(C2CCC2)CC1. The number of aromatic nitrogens is 1. The van der Waals surface area contributed by atoms with Gasteiger partial charge in [-0.3, -0.25) is 9.69 Å². The van der Waals surface area contributed by atoms with Crippen LogP contribution in [0.1, 0.15) is 36.1 Å². The van der Waals surface area contributed by atoms with Gasteiger partial charge in [-0.2, -0.15) is 0 Å². The largest absolute Gasteiger partial charge is 0.340 e. The third-order valence-corrected chi connectivity index (χ3v) is 7.75. The molecule has 0 atom stereocenters. The van der Waals surface area contributed by atoms with Crippen molar-refractivity contribution >= 4 is 16.8 Å². The molecule has 0 radical (unpaired) electrons. The van der Waals surface area contributed by atoms with Gasteiger partial charge in [-0.1, -0.05) is 36.8 Å². The highest BCUT2D eigenvalue weighted by atomic mass is 16.2. The van der Waals surface area contributed by atoms with Gasteiger partial charge in [-0.05, 0) is 55.1 Å². The first kappa shape index (κ1) is 20.0. The summed E-state index contributed by atoms with van der Waals surface area (Å²) in [6.45, 7) is 5.68. The molecule has 1 aromatic heterocycles. The van der Waals surface area contributed by atoms with Gasteiger partial charge in [-0.25, -0.2) is 0 Å². The first-order valence-electron chi connectivity index (χ1n) is 12.2. The van der Waals surface area contributed by atoms with Crippen LogP contribution in [0.25, 0.3) is 16.6 Å². The Morgan fingerprint density at radius 2 is 1.78 bits per heavy atom. The van der Waals surface area contributed by atoms with Crippen LogP contribution in [0.2, 0.25) is 0 Å². The Kier molecular flexibility index (Phi) is 5.24. The first-order valence-corrected chi connectivity index (χ1v) is 12.2. The molecule has 0 unspecified atom stereocenters. The van der Waals surface area contributed by atoms with Gasteiger partial charge < -0.3 is 14.8 Å². The van der Waals surface area contributed by atoms with Gasteiger partial charge >= 0.3 is 0 Å². The minimum Gasteiger partial charge on any atom is -0.340 e. The number of fused-ring (bicyclic) bond motifs is 3. The second kappa shape index (κ2) is 8.38. The number of rotatable bonds is 4. The van der Waals surface area contributed by atoms with Crippen molar-refractivity contribution in [3.8, 4) is 5.69 Å². The van der Waals surface area contributed by atoms with E-state index >= 15 is 0 Å². The molecule has 2 aliphatic heterocycles. The van der Waals surface area contributed by atoms with E-state index in [1.165, 1.54) is 52.7 Å². The van der Waals surface area contributed by atoms with Crippen molar-refractivity contribution in [3.63, 3.8) is 0 Å². The first-order chi connectivity index (χ1) is 15.8. The molecular formula is C27H32N4O. The lowest BCUT2D eigenvalue weighted by atomic mass is 9.91. The van der Waals surface area contributed by atoms with Crippen LogP contribution < -0.4 is 5.32 Å². The Morgan fingerprint density at radius 3 is 2.53 bits per heavy atom. The zero-order valence-corrected chi connectivity index (χ0v) is 18.7. The summed E-state index contributed by atoms with van der Waals surface area (Å²) in [7, 11) is 0. The second-order valence-electron chi connectivity index (χ2n) is 9.51. The molecule has 5 heteroatoms. The van der Waals surface area contributed by atoms with E-state index in [2.05, 4.69) is 68.2 Å². The van der Waals surface area contributed by atoms with Gasteiger partial charge in [0.2, 0.25) is 5.91 Å². The fourth-order valence-corrected chi connectivity index (χ4v) is 5.80. The molecule has 1 aliphatic carbocycles.